The number of nitrogens with zero attached hydrogens (tertiary/aromatic N) is 2. The van der Waals surface area contributed by atoms with Crippen LogP contribution < -0.4 is 5.32 Å². The highest BCUT2D eigenvalue weighted by Gasteiger charge is 2.09. The molecule has 0 saturated heterocycles. The smallest absolute Gasteiger partial charge is 0.174 e. The molecular formula is C14H18FN3S2. The Morgan fingerprint density at radius 2 is 2.20 bits per heavy atom. The van der Waals surface area contributed by atoms with Crippen LogP contribution in [0.25, 0.3) is 0 Å². The molecule has 0 unspecified atom stereocenters. The molecule has 1 aromatic heterocycles. The minimum Gasteiger partial charge on any atom is -0.312 e. The maximum absolute atomic E-state index is 14.0. The van der Waals surface area contributed by atoms with Gasteiger partial charge in [0.15, 0.2) is 4.34 Å². The van der Waals surface area contributed by atoms with E-state index >= 15 is 0 Å². The molecule has 6 heteroatoms. The van der Waals surface area contributed by atoms with Crippen LogP contribution in [-0.2, 0) is 6.54 Å². The Morgan fingerprint density at radius 1 is 1.40 bits per heavy atom. The molecule has 3 nitrogen and oxygen atoms in total. The molecule has 0 saturated carbocycles. The zero-order valence-corrected chi connectivity index (χ0v) is 13.4. The summed E-state index contributed by atoms with van der Waals surface area (Å²) in [6, 6.07) is 5.35. The normalized spacial score (nSPS) is 11.2. The van der Waals surface area contributed by atoms with Crippen molar-refractivity contribution in [2.45, 2.75) is 36.6 Å². The second kappa shape index (κ2) is 7.15. The second-order valence-electron chi connectivity index (χ2n) is 5.00. The summed E-state index contributed by atoms with van der Waals surface area (Å²) in [6.45, 7) is 7.76. The highest BCUT2D eigenvalue weighted by molar-refractivity contribution is 8.01. The van der Waals surface area contributed by atoms with Crippen molar-refractivity contribution in [3.63, 3.8) is 0 Å². The maximum atomic E-state index is 14.0. The van der Waals surface area contributed by atoms with Gasteiger partial charge in [-0.15, -0.1) is 0 Å². The van der Waals surface area contributed by atoms with Crippen LogP contribution in [0.3, 0.4) is 0 Å². The van der Waals surface area contributed by atoms with Crippen molar-refractivity contribution in [3.05, 3.63) is 35.4 Å². The Labute approximate surface area is 127 Å². The van der Waals surface area contributed by atoms with Gasteiger partial charge in [0.25, 0.3) is 0 Å². The van der Waals surface area contributed by atoms with Crippen LogP contribution in [0.15, 0.2) is 27.4 Å². The molecule has 0 atom stereocenters. The third-order valence-electron chi connectivity index (χ3n) is 2.58. The van der Waals surface area contributed by atoms with Crippen molar-refractivity contribution >= 4 is 23.3 Å². The van der Waals surface area contributed by atoms with Crippen molar-refractivity contribution in [1.82, 2.24) is 14.7 Å². The summed E-state index contributed by atoms with van der Waals surface area (Å²) in [5.41, 5.74) is 0.959. The fourth-order valence-corrected chi connectivity index (χ4v) is 3.27. The van der Waals surface area contributed by atoms with E-state index in [1.165, 1.54) is 23.3 Å². The van der Waals surface area contributed by atoms with E-state index in [0.29, 0.717) is 17.4 Å². The van der Waals surface area contributed by atoms with Gasteiger partial charge in [0.1, 0.15) is 11.6 Å². The SMILES string of the molecule is Cc1nsc(Sc2ccc(CNCC(C)C)cc2F)n1. The fraction of sp³-hybridized carbons (Fsp3) is 0.429. The lowest BCUT2D eigenvalue weighted by Crippen LogP contribution is -2.18. The Kier molecular flexibility index (Phi) is 5.51. The van der Waals surface area contributed by atoms with Crippen LogP contribution in [0.2, 0.25) is 0 Å². The van der Waals surface area contributed by atoms with Gasteiger partial charge in [-0.25, -0.2) is 9.37 Å². The molecule has 0 amide bonds. The van der Waals surface area contributed by atoms with E-state index in [1.54, 1.807) is 6.07 Å². The largest absolute Gasteiger partial charge is 0.312 e. The molecule has 0 aliphatic carbocycles. The van der Waals surface area contributed by atoms with Crippen LogP contribution >= 0.6 is 23.3 Å². The van der Waals surface area contributed by atoms with E-state index in [9.17, 15) is 4.39 Å². The molecule has 0 fully saturated rings. The molecule has 0 aliphatic rings. The number of hydrogen-bond donors (Lipinski definition) is 1. The van der Waals surface area contributed by atoms with E-state index in [4.69, 9.17) is 0 Å². The number of hydrogen-bond acceptors (Lipinski definition) is 5. The molecule has 0 radical (unpaired) electrons. The third kappa shape index (κ3) is 4.54. The lowest BCUT2D eigenvalue weighted by Gasteiger charge is -2.08. The Balaban J connectivity index is 1.98. The molecule has 0 bridgehead atoms. The number of nitrogens with one attached hydrogen (secondary N) is 1. The van der Waals surface area contributed by atoms with Crippen molar-refractivity contribution < 1.29 is 4.39 Å². The number of aromatic nitrogens is 2. The summed E-state index contributed by atoms with van der Waals surface area (Å²) in [7, 11) is 0. The van der Waals surface area contributed by atoms with Gasteiger partial charge in [0, 0.05) is 6.54 Å². The molecule has 0 aliphatic heterocycles. The van der Waals surface area contributed by atoms with Crippen molar-refractivity contribution in [2.24, 2.45) is 5.92 Å². The molecule has 20 heavy (non-hydrogen) atoms. The lowest BCUT2D eigenvalue weighted by molar-refractivity contribution is 0.548. The highest BCUT2D eigenvalue weighted by atomic mass is 32.2. The predicted octanol–water partition coefficient (Wildman–Crippen LogP) is 3.88. The topological polar surface area (TPSA) is 37.8 Å². The first-order valence-electron chi connectivity index (χ1n) is 6.52. The van der Waals surface area contributed by atoms with Gasteiger partial charge in [-0.2, -0.15) is 4.37 Å². The number of benzene rings is 1. The first-order chi connectivity index (χ1) is 9.54. The van der Waals surface area contributed by atoms with Gasteiger partial charge in [0.2, 0.25) is 0 Å². The van der Waals surface area contributed by atoms with E-state index in [1.807, 2.05) is 19.1 Å². The zero-order valence-electron chi connectivity index (χ0n) is 11.8. The van der Waals surface area contributed by atoms with Gasteiger partial charge in [0.05, 0.1) is 4.90 Å². The minimum absolute atomic E-state index is 0.202. The molecule has 108 valence electrons. The fourth-order valence-electron chi connectivity index (χ4n) is 1.66. The molecule has 2 aromatic rings. The minimum atomic E-state index is -0.202. The predicted molar refractivity (Wildman–Crippen MR) is 81.7 cm³/mol. The third-order valence-corrected chi connectivity index (χ3v) is 4.48. The standard InChI is InChI=1S/C14H18FN3S2/c1-9(2)7-16-8-11-4-5-13(12(15)6-11)19-14-17-10(3)18-20-14/h4-6,9,16H,7-8H2,1-3H3. The van der Waals surface area contributed by atoms with Crippen molar-refractivity contribution in [2.75, 3.05) is 6.54 Å². The van der Waals surface area contributed by atoms with Crippen LogP contribution in [-0.4, -0.2) is 15.9 Å². The maximum Gasteiger partial charge on any atom is 0.174 e. The molecular weight excluding hydrogens is 293 g/mol. The molecule has 0 spiro atoms. The monoisotopic (exact) mass is 311 g/mol. The van der Waals surface area contributed by atoms with Gasteiger partial charge in [-0.3, -0.25) is 0 Å². The summed E-state index contributed by atoms with van der Waals surface area (Å²) in [5, 5.41) is 3.31. The van der Waals surface area contributed by atoms with Crippen LogP contribution in [0.5, 0.6) is 0 Å². The summed E-state index contributed by atoms with van der Waals surface area (Å²) in [5.74, 6) is 1.12. The van der Waals surface area contributed by atoms with E-state index in [-0.39, 0.29) is 5.82 Å². The zero-order chi connectivity index (χ0) is 14.5. The Hall–Kier alpha value is -0.980. The average Bonchev–Trinajstić information content (AvgIpc) is 2.78. The van der Waals surface area contributed by atoms with E-state index in [2.05, 4.69) is 28.5 Å². The van der Waals surface area contributed by atoms with Crippen molar-refractivity contribution in [3.8, 4) is 0 Å². The van der Waals surface area contributed by atoms with Gasteiger partial charge < -0.3 is 5.32 Å². The summed E-state index contributed by atoms with van der Waals surface area (Å²) < 4.78 is 18.9. The van der Waals surface area contributed by atoms with Crippen LogP contribution in [0.1, 0.15) is 25.2 Å². The molecule has 1 heterocycles. The molecule has 2 rings (SSSR count). The van der Waals surface area contributed by atoms with E-state index < -0.39 is 0 Å². The first-order valence-corrected chi connectivity index (χ1v) is 8.11. The van der Waals surface area contributed by atoms with Gasteiger partial charge >= 0.3 is 0 Å². The van der Waals surface area contributed by atoms with Crippen LogP contribution in [0.4, 0.5) is 4.39 Å². The summed E-state index contributed by atoms with van der Waals surface area (Å²) in [6.07, 6.45) is 0. The quantitative estimate of drug-likeness (QED) is 0.878. The molecule has 1 N–H and O–H groups in total. The lowest BCUT2D eigenvalue weighted by atomic mass is 10.2. The number of halogens is 1. The summed E-state index contributed by atoms with van der Waals surface area (Å²) >= 11 is 2.62. The van der Waals surface area contributed by atoms with Gasteiger partial charge in [-0.1, -0.05) is 31.7 Å². The van der Waals surface area contributed by atoms with Crippen molar-refractivity contribution in [1.29, 1.82) is 0 Å². The van der Waals surface area contributed by atoms with Crippen LogP contribution in [0, 0.1) is 18.7 Å². The molecule has 1 aromatic carbocycles. The number of aryl methyl sites for hydroxylation is 1. The number of rotatable bonds is 6. The Morgan fingerprint density at radius 3 is 2.80 bits per heavy atom. The second-order valence-corrected chi connectivity index (χ2v) is 7.04. The average molecular weight is 311 g/mol. The van der Waals surface area contributed by atoms with Gasteiger partial charge in [-0.05, 0) is 48.6 Å². The Bertz CT molecular complexity index is 569. The van der Waals surface area contributed by atoms with E-state index in [0.717, 1.165) is 22.3 Å². The summed E-state index contributed by atoms with van der Waals surface area (Å²) in [4.78, 5) is 4.82. The highest BCUT2D eigenvalue weighted by Crippen LogP contribution is 2.31. The first kappa shape index (κ1) is 15.4.